The molecule has 1 unspecified atom stereocenters. The lowest BCUT2D eigenvalue weighted by Gasteiger charge is -2.56. The Labute approximate surface area is 173 Å². The Hall–Kier alpha value is -2.08. The second kappa shape index (κ2) is 8.34. The topological polar surface area (TPSA) is 71.9 Å². The molecule has 2 amide bonds. The number of rotatable bonds is 8. The fourth-order valence-corrected chi connectivity index (χ4v) is 6.37. The molecule has 1 atom stereocenters. The van der Waals surface area contributed by atoms with E-state index in [0.29, 0.717) is 23.4 Å². The van der Waals surface area contributed by atoms with Gasteiger partial charge in [0.05, 0.1) is 14.2 Å². The van der Waals surface area contributed by atoms with Gasteiger partial charge in [-0.15, -0.1) is 0 Å². The van der Waals surface area contributed by atoms with E-state index in [-0.39, 0.29) is 18.4 Å². The van der Waals surface area contributed by atoms with Crippen molar-refractivity contribution >= 4 is 17.5 Å². The summed E-state index contributed by atoms with van der Waals surface area (Å²) in [5, 5.41) is 6.07. The predicted octanol–water partition coefficient (Wildman–Crippen LogP) is 1.48. The second-order valence-corrected chi connectivity index (χ2v) is 9.79. The summed E-state index contributed by atoms with van der Waals surface area (Å²) in [6, 6.07) is 7.28. The van der Waals surface area contributed by atoms with Crippen LogP contribution in [0.2, 0.25) is 0 Å². The van der Waals surface area contributed by atoms with Crippen LogP contribution in [0.15, 0.2) is 24.3 Å². The van der Waals surface area contributed by atoms with E-state index in [1.54, 1.807) is 13.2 Å². The van der Waals surface area contributed by atoms with E-state index in [1.807, 2.05) is 25.2 Å². The molecule has 4 saturated carbocycles. The number of carbonyl (C=O) groups is 2. The Bertz CT molecular complexity index is 728. The van der Waals surface area contributed by atoms with Gasteiger partial charge in [0.1, 0.15) is 5.75 Å². The quantitative estimate of drug-likeness (QED) is 0.619. The van der Waals surface area contributed by atoms with Crippen LogP contribution >= 0.6 is 0 Å². The molecule has 0 aromatic heterocycles. The molecule has 3 N–H and O–H groups in total. The second-order valence-electron chi connectivity index (χ2n) is 9.79. The highest BCUT2D eigenvalue weighted by molar-refractivity contribution is 5.91. The molecule has 4 bridgehead atoms. The fourth-order valence-electron chi connectivity index (χ4n) is 6.37. The molecule has 4 aliphatic rings. The Kier molecular flexibility index (Phi) is 5.81. The van der Waals surface area contributed by atoms with E-state index in [1.165, 1.54) is 38.5 Å². The van der Waals surface area contributed by atoms with Gasteiger partial charge in [-0.05, 0) is 73.8 Å². The average Bonchev–Trinajstić information content (AvgIpc) is 2.65. The van der Waals surface area contributed by atoms with Crippen LogP contribution in [0.3, 0.4) is 0 Å². The van der Waals surface area contributed by atoms with Crippen LogP contribution in [0.4, 0.5) is 5.69 Å². The lowest BCUT2D eigenvalue weighted by molar-refractivity contribution is -0.862. The largest absolute Gasteiger partial charge is 0.497 e. The third kappa shape index (κ3) is 4.92. The van der Waals surface area contributed by atoms with Crippen molar-refractivity contribution in [3.05, 3.63) is 24.3 Å². The molecule has 0 aliphatic heterocycles. The number of likely N-dealkylation sites (N-methyl/N-ethyl adjacent to an activating group) is 1. The van der Waals surface area contributed by atoms with Crippen LogP contribution in [0.25, 0.3) is 0 Å². The van der Waals surface area contributed by atoms with Gasteiger partial charge in [-0.2, -0.15) is 0 Å². The number of nitrogens with one attached hydrogen (secondary N) is 3. The lowest BCUT2D eigenvalue weighted by atomic mass is 9.49. The summed E-state index contributed by atoms with van der Waals surface area (Å²) >= 11 is 0. The highest BCUT2D eigenvalue weighted by Crippen LogP contribution is 2.59. The van der Waals surface area contributed by atoms with Crippen molar-refractivity contribution in [1.29, 1.82) is 0 Å². The molecule has 0 spiro atoms. The van der Waals surface area contributed by atoms with Crippen LogP contribution in [-0.4, -0.2) is 45.6 Å². The number of amides is 2. The molecule has 5 rings (SSSR count). The summed E-state index contributed by atoms with van der Waals surface area (Å²) in [6.45, 7) is 1.39. The van der Waals surface area contributed by atoms with Crippen molar-refractivity contribution in [1.82, 2.24) is 5.32 Å². The minimum Gasteiger partial charge on any atom is -0.497 e. The van der Waals surface area contributed by atoms with Gasteiger partial charge in [-0.1, -0.05) is 6.07 Å². The highest BCUT2D eigenvalue weighted by atomic mass is 16.5. The van der Waals surface area contributed by atoms with Crippen LogP contribution < -0.4 is 20.3 Å². The molecule has 0 heterocycles. The van der Waals surface area contributed by atoms with Gasteiger partial charge in [0, 0.05) is 18.3 Å². The molecule has 6 heteroatoms. The van der Waals surface area contributed by atoms with Gasteiger partial charge in [-0.25, -0.2) is 0 Å². The maximum atomic E-state index is 12.5. The zero-order chi connectivity index (χ0) is 20.4. The molecule has 1 aromatic carbocycles. The third-order valence-corrected chi connectivity index (χ3v) is 7.10. The molecule has 0 saturated heterocycles. The Morgan fingerprint density at radius 1 is 1.07 bits per heavy atom. The van der Waals surface area contributed by atoms with Crippen molar-refractivity contribution in [3.63, 3.8) is 0 Å². The molecule has 158 valence electrons. The zero-order valence-electron chi connectivity index (χ0n) is 17.6. The normalized spacial score (nSPS) is 30.6. The van der Waals surface area contributed by atoms with Crippen LogP contribution in [-0.2, 0) is 9.59 Å². The van der Waals surface area contributed by atoms with Crippen molar-refractivity contribution in [2.45, 2.75) is 38.5 Å². The van der Waals surface area contributed by atoms with Crippen molar-refractivity contribution in [3.8, 4) is 5.75 Å². The predicted molar refractivity (Wildman–Crippen MR) is 112 cm³/mol. The first-order chi connectivity index (χ1) is 13.9. The molecule has 4 fully saturated rings. The van der Waals surface area contributed by atoms with Gasteiger partial charge in [-0.3, -0.25) is 9.59 Å². The summed E-state index contributed by atoms with van der Waals surface area (Å²) < 4.78 is 5.17. The average molecular weight is 401 g/mol. The molecular formula is C23H34N3O3+. The Morgan fingerprint density at radius 2 is 1.69 bits per heavy atom. The van der Waals surface area contributed by atoms with Crippen LogP contribution in [0.1, 0.15) is 38.5 Å². The van der Waals surface area contributed by atoms with E-state index in [4.69, 9.17) is 4.74 Å². The summed E-state index contributed by atoms with van der Waals surface area (Å²) in [4.78, 5) is 25.7. The van der Waals surface area contributed by atoms with Crippen molar-refractivity contribution in [2.75, 3.05) is 39.1 Å². The van der Waals surface area contributed by atoms with Crippen LogP contribution in [0, 0.1) is 23.2 Å². The zero-order valence-corrected chi connectivity index (χ0v) is 17.6. The van der Waals surface area contributed by atoms with E-state index < -0.39 is 0 Å². The minimum absolute atomic E-state index is 0.0485. The number of hydrogen-bond acceptors (Lipinski definition) is 3. The van der Waals surface area contributed by atoms with Gasteiger partial charge < -0.3 is 20.3 Å². The number of quaternary nitrogens is 1. The first-order valence-corrected chi connectivity index (χ1v) is 10.9. The van der Waals surface area contributed by atoms with Gasteiger partial charge in [0.15, 0.2) is 13.1 Å². The standard InChI is InChI=1S/C23H33N3O3/c1-26(14-22(28)25-19-4-3-5-20(9-19)29-2)13-21(27)24-15-23-10-16-6-17(11-23)8-18(7-16)12-23/h3-5,9,16-18H,6-8,10-15H2,1-2H3,(H,24,27)(H,25,28)/p+1. The number of benzene rings is 1. The Morgan fingerprint density at radius 3 is 2.31 bits per heavy atom. The van der Waals surface area contributed by atoms with Crippen molar-refractivity contribution < 1.29 is 19.2 Å². The van der Waals surface area contributed by atoms with Crippen LogP contribution in [0.5, 0.6) is 5.75 Å². The molecular weight excluding hydrogens is 366 g/mol. The molecule has 0 radical (unpaired) electrons. The third-order valence-electron chi connectivity index (χ3n) is 7.10. The van der Waals surface area contributed by atoms with Crippen molar-refractivity contribution in [2.24, 2.45) is 23.2 Å². The summed E-state index contributed by atoms with van der Waals surface area (Å²) in [6.07, 6.45) is 8.15. The maximum absolute atomic E-state index is 12.5. The molecule has 6 nitrogen and oxygen atoms in total. The number of anilines is 1. The smallest absolute Gasteiger partial charge is 0.279 e. The summed E-state index contributed by atoms with van der Waals surface area (Å²) in [7, 11) is 3.48. The SMILES string of the molecule is COc1cccc(NC(=O)C[NH+](C)CC(=O)NCC23CC4CC(CC(C4)C2)C3)c1. The summed E-state index contributed by atoms with van der Waals surface area (Å²) in [5.74, 6) is 3.33. The van der Waals surface area contributed by atoms with E-state index >= 15 is 0 Å². The highest BCUT2D eigenvalue weighted by Gasteiger charge is 2.50. The fraction of sp³-hybridized carbons (Fsp3) is 0.652. The lowest BCUT2D eigenvalue weighted by Crippen LogP contribution is -3.11. The number of ether oxygens (including phenoxy) is 1. The molecule has 1 aromatic rings. The van der Waals surface area contributed by atoms with Gasteiger partial charge in [0.25, 0.3) is 11.8 Å². The van der Waals surface area contributed by atoms with E-state index in [0.717, 1.165) is 29.2 Å². The number of methoxy groups -OCH3 is 1. The van der Waals surface area contributed by atoms with E-state index in [2.05, 4.69) is 10.6 Å². The molecule has 4 aliphatic carbocycles. The van der Waals surface area contributed by atoms with E-state index in [9.17, 15) is 9.59 Å². The first-order valence-electron chi connectivity index (χ1n) is 10.9. The number of hydrogen-bond donors (Lipinski definition) is 3. The van der Waals surface area contributed by atoms with Gasteiger partial charge in [0.2, 0.25) is 0 Å². The minimum atomic E-state index is -0.107. The van der Waals surface area contributed by atoms with Gasteiger partial charge >= 0.3 is 0 Å². The maximum Gasteiger partial charge on any atom is 0.279 e. The first kappa shape index (κ1) is 20.2. The Balaban J connectivity index is 1.21. The number of carbonyl (C=O) groups excluding carboxylic acids is 2. The summed E-state index contributed by atoms with van der Waals surface area (Å²) in [5.41, 5.74) is 1.05. The monoisotopic (exact) mass is 400 g/mol. The molecule has 29 heavy (non-hydrogen) atoms.